The number of carbonyl (C=O) groups excluding carboxylic acids is 1. The smallest absolute Gasteiger partial charge is 0.317 e. The van der Waals surface area contributed by atoms with Crippen molar-refractivity contribution in [3.8, 4) is 0 Å². The molecule has 4 heteroatoms. The summed E-state index contributed by atoms with van der Waals surface area (Å²) < 4.78 is 0. The molecule has 0 bridgehead atoms. The van der Waals surface area contributed by atoms with Crippen LogP contribution in [-0.4, -0.2) is 41.3 Å². The van der Waals surface area contributed by atoms with Gasteiger partial charge in [-0.15, -0.1) is 0 Å². The highest BCUT2D eigenvalue weighted by atomic mass is 16.3. The van der Waals surface area contributed by atoms with Gasteiger partial charge in [-0.3, -0.25) is 0 Å². The molecule has 0 aromatic carbocycles. The Bertz CT molecular complexity index is 204. The van der Waals surface area contributed by atoms with E-state index in [-0.39, 0.29) is 6.03 Å². The van der Waals surface area contributed by atoms with Crippen LogP contribution in [0.3, 0.4) is 0 Å². The fraction of sp³-hybridized carbons (Fsp3) is 0.900. The van der Waals surface area contributed by atoms with Crippen molar-refractivity contribution in [2.24, 2.45) is 0 Å². The molecule has 1 saturated heterocycles. The molecule has 1 fully saturated rings. The van der Waals surface area contributed by atoms with E-state index in [4.69, 9.17) is 0 Å². The normalized spacial score (nSPS) is 27.5. The number of piperidine rings is 1. The molecule has 2 N–H and O–H groups in total. The van der Waals surface area contributed by atoms with Gasteiger partial charge in [-0.05, 0) is 26.2 Å². The van der Waals surface area contributed by atoms with Crippen LogP contribution in [0.2, 0.25) is 0 Å². The summed E-state index contributed by atoms with van der Waals surface area (Å²) in [4.78, 5) is 13.2. The van der Waals surface area contributed by atoms with E-state index >= 15 is 0 Å². The van der Waals surface area contributed by atoms with Crippen LogP contribution in [0.25, 0.3) is 0 Å². The van der Waals surface area contributed by atoms with Crippen molar-refractivity contribution in [3.63, 3.8) is 0 Å². The predicted octanol–water partition coefficient (Wildman–Crippen LogP) is 0.953. The lowest BCUT2D eigenvalue weighted by molar-refractivity contribution is -0.00245. The average molecular weight is 200 g/mol. The SMILES string of the molecule is CCCNC(=O)N1CCCC(C)(O)C1. The number of likely N-dealkylation sites (tertiary alicyclic amines) is 1. The standard InChI is InChI=1S/C10H20N2O2/c1-3-6-11-9(13)12-7-4-5-10(2,14)8-12/h14H,3-8H2,1-2H3,(H,11,13). The molecule has 1 aliphatic rings. The van der Waals surface area contributed by atoms with Gasteiger partial charge in [0, 0.05) is 13.1 Å². The molecular formula is C10H20N2O2. The van der Waals surface area contributed by atoms with Crippen LogP contribution in [-0.2, 0) is 0 Å². The summed E-state index contributed by atoms with van der Waals surface area (Å²) in [5.74, 6) is 0. The first kappa shape index (κ1) is 11.3. The number of hydrogen-bond donors (Lipinski definition) is 2. The number of nitrogens with one attached hydrogen (secondary N) is 1. The maximum absolute atomic E-state index is 11.5. The molecule has 82 valence electrons. The molecule has 1 heterocycles. The molecule has 0 aromatic rings. The highest BCUT2D eigenvalue weighted by Gasteiger charge is 2.30. The van der Waals surface area contributed by atoms with E-state index in [2.05, 4.69) is 5.32 Å². The van der Waals surface area contributed by atoms with Crippen LogP contribution < -0.4 is 5.32 Å². The van der Waals surface area contributed by atoms with Gasteiger partial charge in [0.15, 0.2) is 0 Å². The van der Waals surface area contributed by atoms with Crippen LogP contribution in [0.4, 0.5) is 4.79 Å². The van der Waals surface area contributed by atoms with Gasteiger partial charge in [0.05, 0.1) is 12.1 Å². The van der Waals surface area contributed by atoms with E-state index in [0.29, 0.717) is 13.1 Å². The third kappa shape index (κ3) is 3.18. The summed E-state index contributed by atoms with van der Waals surface area (Å²) >= 11 is 0. The number of β-amino-alcohol motifs (C(OH)–C–C–N with tert-alkyl or cyclic N) is 1. The lowest BCUT2D eigenvalue weighted by Gasteiger charge is -2.36. The number of amides is 2. The van der Waals surface area contributed by atoms with Crippen molar-refractivity contribution in [2.45, 2.75) is 38.7 Å². The van der Waals surface area contributed by atoms with Crippen LogP contribution >= 0.6 is 0 Å². The molecule has 4 nitrogen and oxygen atoms in total. The van der Waals surface area contributed by atoms with Crippen LogP contribution in [0.1, 0.15) is 33.1 Å². The second-order valence-electron chi connectivity index (χ2n) is 4.25. The molecule has 0 radical (unpaired) electrons. The zero-order chi connectivity index (χ0) is 10.6. The minimum absolute atomic E-state index is 0.0492. The molecule has 2 amide bonds. The summed E-state index contributed by atoms with van der Waals surface area (Å²) in [6.07, 6.45) is 2.60. The third-order valence-corrected chi connectivity index (χ3v) is 2.49. The van der Waals surface area contributed by atoms with Gasteiger partial charge < -0.3 is 15.3 Å². The minimum Gasteiger partial charge on any atom is -0.388 e. The van der Waals surface area contributed by atoms with Gasteiger partial charge in [0.2, 0.25) is 0 Å². The van der Waals surface area contributed by atoms with Crippen molar-refractivity contribution < 1.29 is 9.90 Å². The van der Waals surface area contributed by atoms with Crippen LogP contribution in [0.15, 0.2) is 0 Å². The molecule has 1 rings (SSSR count). The Balaban J connectivity index is 2.40. The summed E-state index contributed by atoms with van der Waals surface area (Å²) in [6, 6.07) is -0.0492. The number of urea groups is 1. The molecule has 14 heavy (non-hydrogen) atoms. The third-order valence-electron chi connectivity index (χ3n) is 2.49. The molecule has 0 aliphatic carbocycles. The fourth-order valence-corrected chi connectivity index (χ4v) is 1.74. The molecule has 1 atom stereocenters. The number of carbonyl (C=O) groups is 1. The number of nitrogens with zero attached hydrogens (tertiary/aromatic N) is 1. The first-order valence-electron chi connectivity index (χ1n) is 5.30. The molecular weight excluding hydrogens is 180 g/mol. The van der Waals surface area contributed by atoms with Crippen LogP contribution in [0.5, 0.6) is 0 Å². The number of rotatable bonds is 2. The van der Waals surface area contributed by atoms with Gasteiger partial charge in [-0.1, -0.05) is 6.92 Å². The van der Waals surface area contributed by atoms with E-state index < -0.39 is 5.60 Å². The maximum atomic E-state index is 11.5. The van der Waals surface area contributed by atoms with Gasteiger partial charge >= 0.3 is 6.03 Å². The second-order valence-corrected chi connectivity index (χ2v) is 4.25. The second kappa shape index (κ2) is 4.64. The zero-order valence-corrected chi connectivity index (χ0v) is 9.05. The van der Waals surface area contributed by atoms with E-state index in [1.54, 1.807) is 11.8 Å². The van der Waals surface area contributed by atoms with Crippen molar-refractivity contribution in [2.75, 3.05) is 19.6 Å². The van der Waals surface area contributed by atoms with Gasteiger partial charge in [-0.25, -0.2) is 4.79 Å². The maximum Gasteiger partial charge on any atom is 0.317 e. The molecule has 0 spiro atoms. The lowest BCUT2D eigenvalue weighted by atomic mass is 9.95. The average Bonchev–Trinajstić information content (AvgIpc) is 2.12. The van der Waals surface area contributed by atoms with Crippen molar-refractivity contribution in [1.29, 1.82) is 0 Å². The largest absolute Gasteiger partial charge is 0.388 e. The van der Waals surface area contributed by atoms with Gasteiger partial charge in [-0.2, -0.15) is 0 Å². The highest BCUT2D eigenvalue weighted by Crippen LogP contribution is 2.19. The predicted molar refractivity (Wildman–Crippen MR) is 55.1 cm³/mol. The Kier molecular flexibility index (Phi) is 3.75. The summed E-state index contributed by atoms with van der Waals surface area (Å²) in [5, 5.41) is 12.6. The molecule has 1 aliphatic heterocycles. The van der Waals surface area contributed by atoms with Crippen molar-refractivity contribution >= 4 is 6.03 Å². The first-order valence-corrected chi connectivity index (χ1v) is 5.30. The Labute approximate surface area is 85.3 Å². The Morgan fingerprint density at radius 1 is 1.64 bits per heavy atom. The number of aliphatic hydroxyl groups is 1. The van der Waals surface area contributed by atoms with Gasteiger partial charge in [0.1, 0.15) is 0 Å². The van der Waals surface area contributed by atoms with E-state index in [1.807, 2.05) is 6.92 Å². The van der Waals surface area contributed by atoms with Gasteiger partial charge in [0.25, 0.3) is 0 Å². The highest BCUT2D eigenvalue weighted by molar-refractivity contribution is 5.74. The van der Waals surface area contributed by atoms with Crippen molar-refractivity contribution in [3.05, 3.63) is 0 Å². The Hall–Kier alpha value is -0.770. The van der Waals surface area contributed by atoms with E-state index in [1.165, 1.54) is 0 Å². The monoisotopic (exact) mass is 200 g/mol. The van der Waals surface area contributed by atoms with Crippen LogP contribution in [0, 0.1) is 0 Å². The molecule has 1 unspecified atom stereocenters. The Morgan fingerprint density at radius 3 is 2.93 bits per heavy atom. The summed E-state index contributed by atoms with van der Waals surface area (Å²) in [7, 11) is 0. The first-order chi connectivity index (χ1) is 6.55. The fourth-order valence-electron chi connectivity index (χ4n) is 1.74. The summed E-state index contributed by atoms with van der Waals surface area (Å²) in [5.41, 5.74) is -0.707. The minimum atomic E-state index is -0.707. The topological polar surface area (TPSA) is 52.6 Å². The summed E-state index contributed by atoms with van der Waals surface area (Å²) in [6.45, 7) is 5.71. The lowest BCUT2D eigenvalue weighted by Crippen LogP contribution is -2.51. The van der Waals surface area contributed by atoms with Crippen molar-refractivity contribution in [1.82, 2.24) is 10.2 Å². The zero-order valence-electron chi connectivity index (χ0n) is 9.05. The molecule has 0 aromatic heterocycles. The van der Waals surface area contributed by atoms with E-state index in [0.717, 1.165) is 25.8 Å². The molecule has 0 saturated carbocycles. The van der Waals surface area contributed by atoms with E-state index in [9.17, 15) is 9.90 Å². The Morgan fingerprint density at radius 2 is 2.36 bits per heavy atom. The number of hydrogen-bond acceptors (Lipinski definition) is 2. The quantitative estimate of drug-likeness (QED) is 0.697.